The summed E-state index contributed by atoms with van der Waals surface area (Å²) in [5, 5.41) is 3.46. The van der Waals surface area contributed by atoms with Crippen LogP contribution in [0.15, 0.2) is 29.5 Å². The number of aryl methyl sites for hydroxylation is 3. The molecule has 0 aliphatic heterocycles. The van der Waals surface area contributed by atoms with E-state index in [9.17, 15) is 9.59 Å². The van der Waals surface area contributed by atoms with E-state index in [1.807, 2.05) is 0 Å². The number of carbonyl (C=O) groups is 1. The highest BCUT2D eigenvalue weighted by Gasteiger charge is 2.20. The monoisotopic (exact) mass is 384 g/mol. The third-order valence-electron chi connectivity index (χ3n) is 4.77. The summed E-state index contributed by atoms with van der Waals surface area (Å²) in [6.07, 6.45) is 7.54. The minimum atomic E-state index is -0.230. The molecule has 4 rings (SSSR count). The number of carbonyl (C=O) groups excluding carboxylic acids is 1. The Morgan fingerprint density at radius 3 is 3.04 bits per heavy atom. The number of fused-ring (bicyclic) bond motifs is 3. The summed E-state index contributed by atoms with van der Waals surface area (Å²) in [5.74, 6) is 0.639. The molecule has 0 saturated heterocycles. The Bertz CT molecular complexity index is 1060. The number of aromatic nitrogens is 3. The number of hydrogen-bond acceptors (Lipinski definition) is 6. The number of ether oxygens (including phenoxy) is 1. The van der Waals surface area contributed by atoms with Gasteiger partial charge in [0.15, 0.2) is 11.6 Å². The molecule has 0 bridgehead atoms. The van der Waals surface area contributed by atoms with E-state index in [4.69, 9.17) is 4.74 Å². The van der Waals surface area contributed by atoms with Gasteiger partial charge in [-0.05, 0) is 43.4 Å². The first-order valence-corrected chi connectivity index (χ1v) is 9.77. The fraction of sp³-hybridized carbons (Fsp3) is 0.368. The van der Waals surface area contributed by atoms with Crippen molar-refractivity contribution in [2.45, 2.75) is 38.6 Å². The maximum Gasteiger partial charge on any atom is 0.262 e. The van der Waals surface area contributed by atoms with Crippen molar-refractivity contribution in [3.05, 3.63) is 45.5 Å². The van der Waals surface area contributed by atoms with Gasteiger partial charge in [0.05, 0.1) is 18.8 Å². The van der Waals surface area contributed by atoms with E-state index in [-0.39, 0.29) is 24.4 Å². The summed E-state index contributed by atoms with van der Waals surface area (Å²) in [6, 6.07) is 3.46. The van der Waals surface area contributed by atoms with Crippen molar-refractivity contribution < 1.29 is 9.53 Å². The molecule has 8 heteroatoms. The van der Waals surface area contributed by atoms with Crippen LogP contribution in [0, 0.1) is 0 Å². The summed E-state index contributed by atoms with van der Waals surface area (Å²) >= 11 is 1.63. The zero-order valence-electron chi connectivity index (χ0n) is 15.0. The van der Waals surface area contributed by atoms with Crippen LogP contribution in [-0.2, 0) is 24.2 Å². The van der Waals surface area contributed by atoms with Crippen LogP contribution in [-0.4, -0.2) is 27.6 Å². The summed E-state index contributed by atoms with van der Waals surface area (Å²) in [6.45, 7) is 0.271. The number of thiophene rings is 1. The second-order valence-electron chi connectivity index (χ2n) is 6.49. The number of pyridine rings is 1. The van der Waals surface area contributed by atoms with E-state index in [0.717, 1.165) is 35.0 Å². The maximum atomic E-state index is 12.9. The topological polar surface area (TPSA) is 86.1 Å². The predicted molar refractivity (Wildman–Crippen MR) is 105 cm³/mol. The Hall–Kier alpha value is -2.74. The highest BCUT2D eigenvalue weighted by atomic mass is 32.1. The van der Waals surface area contributed by atoms with Crippen molar-refractivity contribution in [2.75, 3.05) is 12.4 Å². The normalized spacial score (nSPS) is 13.4. The molecule has 27 heavy (non-hydrogen) atoms. The second kappa shape index (κ2) is 7.48. The number of hydrogen-bond donors (Lipinski definition) is 1. The standard InChI is InChI=1S/C19H20N4O3S/c1-26-13-6-4-9-20-17(13)22-15(24)8-10-23-11-21-18-16(19(23)25)12-5-2-3-7-14(12)27-18/h4,6,9,11H,2-3,5,7-8,10H2,1H3,(H,20,22,24). The van der Waals surface area contributed by atoms with Crippen molar-refractivity contribution in [3.63, 3.8) is 0 Å². The summed E-state index contributed by atoms with van der Waals surface area (Å²) < 4.78 is 6.71. The van der Waals surface area contributed by atoms with Gasteiger partial charge in [0.1, 0.15) is 4.83 Å². The Labute approximate surface area is 160 Å². The summed E-state index contributed by atoms with van der Waals surface area (Å²) in [5.41, 5.74) is 1.11. The van der Waals surface area contributed by atoms with Crippen LogP contribution in [0.3, 0.4) is 0 Å². The first-order valence-electron chi connectivity index (χ1n) is 8.96. The number of anilines is 1. The highest BCUT2D eigenvalue weighted by Crippen LogP contribution is 2.33. The van der Waals surface area contributed by atoms with E-state index in [0.29, 0.717) is 11.6 Å². The van der Waals surface area contributed by atoms with E-state index < -0.39 is 0 Å². The van der Waals surface area contributed by atoms with Gasteiger partial charge in [0.2, 0.25) is 5.91 Å². The molecule has 3 aromatic rings. The lowest BCUT2D eigenvalue weighted by atomic mass is 9.97. The largest absolute Gasteiger partial charge is 0.493 e. The molecule has 7 nitrogen and oxygen atoms in total. The van der Waals surface area contributed by atoms with Crippen LogP contribution in [0.4, 0.5) is 5.82 Å². The summed E-state index contributed by atoms with van der Waals surface area (Å²) in [7, 11) is 1.52. The van der Waals surface area contributed by atoms with Crippen molar-refractivity contribution in [1.82, 2.24) is 14.5 Å². The molecule has 0 atom stereocenters. The van der Waals surface area contributed by atoms with Crippen molar-refractivity contribution >= 4 is 33.3 Å². The van der Waals surface area contributed by atoms with Crippen LogP contribution in [0.5, 0.6) is 5.75 Å². The number of amides is 1. The van der Waals surface area contributed by atoms with Gasteiger partial charge in [0.25, 0.3) is 5.56 Å². The van der Waals surface area contributed by atoms with E-state index in [2.05, 4.69) is 15.3 Å². The molecule has 0 spiro atoms. The van der Waals surface area contributed by atoms with Crippen LogP contribution in [0.1, 0.15) is 29.7 Å². The molecule has 3 aromatic heterocycles. The number of nitrogens with one attached hydrogen (secondary N) is 1. The van der Waals surface area contributed by atoms with Crippen LogP contribution < -0.4 is 15.6 Å². The van der Waals surface area contributed by atoms with Crippen molar-refractivity contribution in [3.8, 4) is 5.75 Å². The average molecular weight is 384 g/mol. The molecule has 140 valence electrons. The number of nitrogens with zero attached hydrogens (tertiary/aromatic N) is 3. The van der Waals surface area contributed by atoms with Crippen LogP contribution in [0.25, 0.3) is 10.2 Å². The molecular weight excluding hydrogens is 364 g/mol. The van der Waals surface area contributed by atoms with E-state index in [1.165, 1.54) is 23.0 Å². The minimum absolute atomic E-state index is 0.0531. The van der Waals surface area contributed by atoms with Gasteiger partial charge in [-0.25, -0.2) is 9.97 Å². The third kappa shape index (κ3) is 3.44. The Balaban J connectivity index is 1.51. The van der Waals surface area contributed by atoms with Crippen LogP contribution in [0.2, 0.25) is 0 Å². The minimum Gasteiger partial charge on any atom is -0.493 e. The predicted octanol–water partition coefficient (Wildman–Crippen LogP) is 2.77. The smallest absolute Gasteiger partial charge is 0.262 e. The number of rotatable bonds is 5. The molecule has 0 fully saturated rings. The Kier molecular flexibility index (Phi) is 4.89. The molecule has 0 unspecified atom stereocenters. The molecule has 0 radical (unpaired) electrons. The quantitative estimate of drug-likeness (QED) is 0.731. The molecular formula is C19H20N4O3S. The van der Waals surface area contributed by atoms with Crippen LogP contribution >= 0.6 is 11.3 Å². The van der Waals surface area contributed by atoms with Gasteiger partial charge in [0, 0.05) is 24.0 Å². The Morgan fingerprint density at radius 1 is 1.33 bits per heavy atom. The SMILES string of the molecule is COc1cccnc1NC(=O)CCn1cnc2sc3c(c2c1=O)CCCC3. The molecule has 1 aliphatic carbocycles. The maximum absolute atomic E-state index is 12.9. The summed E-state index contributed by atoms with van der Waals surface area (Å²) in [4.78, 5) is 35.8. The van der Waals surface area contributed by atoms with Gasteiger partial charge in [-0.1, -0.05) is 0 Å². The number of methoxy groups -OCH3 is 1. The van der Waals surface area contributed by atoms with E-state index in [1.54, 1.807) is 36.0 Å². The highest BCUT2D eigenvalue weighted by molar-refractivity contribution is 7.18. The van der Waals surface area contributed by atoms with Gasteiger partial charge < -0.3 is 10.1 Å². The molecule has 0 aromatic carbocycles. The molecule has 1 N–H and O–H groups in total. The van der Waals surface area contributed by atoms with Gasteiger partial charge in [-0.15, -0.1) is 11.3 Å². The fourth-order valence-electron chi connectivity index (χ4n) is 3.41. The first-order chi connectivity index (χ1) is 13.2. The van der Waals surface area contributed by atoms with Gasteiger partial charge in [-0.3, -0.25) is 14.2 Å². The second-order valence-corrected chi connectivity index (χ2v) is 7.57. The van der Waals surface area contributed by atoms with Crippen molar-refractivity contribution in [2.24, 2.45) is 0 Å². The average Bonchev–Trinajstić information content (AvgIpc) is 3.07. The lowest BCUT2D eigenvalue weighted by molar-refractivity contribution is -0.116. The van der Waals surface area contributed by atoms with Gasteiger partial charge in [-0.2, -0.15) is 0 Å². The first kappa shape index (κ1) is 17.7. The lowest BCUT2D eigenvalue weighted by Crippen LogP contribution is -2.24. The molecule has 3 heterocycles. The Morgan fingerprint density at radius 2 is 2.19 bits per heavy atom. The lowest BCUT2D eigenvalue weighted by Gasteiger charge is -2.11. The third-order valence-corrected chi connectivity index (χ3v) is 5.97. The van der Waals surface area contributed by atoms with Gasteiger partial charge >= 0.3 is 0 Å². The van der Waals surface area contributed by atoms with Crippen molar-refractivity contribution in [1.29, 1.82) is 0 Å². The zero-order chi connectivity index (χ0) is 18.8. The molecule has 1 amide bonds. The fourth-order valence-corrected chi connectivity index (χ4v) is 4.63. The zero-order valence-corrected chi connectivity index (χ0v) is 15.8. The molecule has 0 saturated carbocycles. The molecule has 1 aliphatic rings. The van der Waals surface area contributed by atoms with E-state index >= 15 is 0 Å².